The Hall–Kier alpha value is -0.200. The highest BCUT2D eigenvalue weighted by molar-refractivity contribution is 4.49. The molecular weight excluding hydrogens is 330 g/mol. The van der Waals surface area contributed by atoms with Crippen LogP contribution in [0.3, 0.4) is 0 Å². The number of hydrogen-bond acceptors (Lipinski definition) is 4. The Labute approximate surface area is 162 Å². The van der Waals surface area contributed by atoms with Gasteiger partial charge in [-0.25, -0.2) is 4.89 Å². The molecule has 0 fully saturated rings. The molecule has 0 aliphatic heterocycles. The van der Waals surface area contributed by atoms with E-state index < -0.39 is 0 Å². The first-order valence-electron chi connectivity index (χ1n) is 11.0. The molecule has 26 heavy (non-hydrogen) atoms. The standard InChI is InChI=1S/C21H46NO4/c1-5-6-7-8-9-10-11-12-13-14-15-16-17-18-19-20-21-23-25-26-24-22(2,3)4/h5-21H2,1-4H3/q+1. The predicted molar refractivity (Wildman–Crippen MR) is 107 cm³/mol. The maximum atomic E-state index is 4.89. The molecule has 0 atom stereocenters. The van der Waals surface area contributed by atoms with Crippen LogP contribution in [0.1, 0.15) is 110 Å². The fourth-order valence-corrected chi connectivity index (χ4v) is 2.87. The third-order valence-electron chi connectivity index (χ3n) is 4.41. The van der Waals surface area contributed by atoms with Crippen LogP contribution < -0.4 is 0 Å². The summed E-state index contributed by atoms with van der Waals surface area (Å²) in [5.41, 5.74) is 0. The van der Waals surface area contributed by atoms with Crippen molar-refractivity contribution in [3.05, 3.63) is 0 Å². The Bertz CT molecular complexity index is 269. The molecule has 0 rings (SSSR count). The van der Waals surface area contributed by atoms with Gasteiger partial charge in [-0.2, -0.15) is 4.65 Å². The summed E-state index contributed by atoms with van der Waals surface area (Å²) in [7, 11) is 5.46. The fourth-order valence-electron chi connectivity index (χ4n) is 2.87. The molecule has 0 radical (unpaired) electrons. The van der Waals surface area contributed by atoms with E-state index in [4.69, 9.17) is 9.88 Å². The van der Waals surface area contributed by atoms with Gasteiger partial charge in [0.2, 0.25) is 0 Å². The van der Waals surface area contributed by atoms with Crippen LogP contribution in [-0.4, -0.2) is 32.4 Å². The largest absolute Gasteiger partial charge is 0.204 e. The molecule has 0 amide bonds. The normalized spacial score (nSPS) is 12.0. The molecule has 0 aliphatic carbocycles. The average Bonchev–Trinajstić information content (AvgIpc) is 2.59. The Morgan fingerprint density at radius 2 is 0.885 bits per heavy atom. The van der Waals surface area contributed by atoms with Crippen LogP contribution in [0.4, 0.5) is 0 Å². The summed E-state index contributed by atoms with van der Waals surface area (Å²) in [4.78, 5) is 9.74. The van der Waals surface area contributed by atoms with E-state index in [0.29, 0.717) is 6.61 Å². The van der Waals surface area contributed by atoms with E-state index in [2.05, 4.69) is 17.0 Å². The van der Waals surface area contributed by atoms with E-state index in [9.17, 15) is 0 Å². The van der Waals surface area contributed by atoms with Crippen molar-refractivity contribution in [2.75, 3.05) is 27.7 Å². The maximum Gasteiger partial charge on any atom is 0.101 e. The van der Waals surface area contributed by atoms with E-state index in [-0.39, 0.29) is 4.65 Å². The third-order valence-corrected chi connectivity index (χ3v) is 4.41. The average molecular weight is 377 g/mol. The lowest BCUT2D eigenvalue weighted by atomic mass is 10.0. The smallest absolute Gasteiger partial charge is 0.101 e. The summed E-state index contributed by atoms with van der Waals surface area (Å²) in [6.07, 6.45) is 21.8. The summed E-state index contributed by atoms with van der Waals surface area (Å²) in [6, 6.07) is 0. The second-order valence-electron chi connectivity index (χ2n) is 8.23. The summed E-state index contributed by atoms with van der Waals surface area (Å²) >= 11 is 0. The van der Waals surface area contributed by atoms with Gasteiger partial charge in [-0.05, 0) is 16.4 Å². The molecule has 5 heteroatoms. The Morgan fingerprint density at radius 1 is 0.500 bits per heavy atom. The molecule has 0 N–H and O–H groups in total. The highest BCUT2D eigenvalue weighted by Gasteiger charge is 2.10. The molecule has 0 aliphatic rings. The highest BCUT2D eigenvalue weighted by Crippen LogP contribution is 2.13. The van der Waals surface area contributed by atoms with E-state index in [1.54, 1.807) is 0 Å². The van der Waals surface area contributed by atoms with Gasteiger partial charge in [0.1, 0.15) is 21.1 Å². The van der Waals surface area contributed by atoms with Crippen LogP contribution in [0.25, 0.3) is 0 Å². The topological polar surface area (TPSA) is 36.9 Å². The van der Waals surface area contributed by atoms with Crippen LogP contribution in [0, 0.1) is 0 Å². The first-order chi connectivity index (χ1) is 12.6. The molecule has 0 bridgehead atoms. The van der Waals surface area contributed by atoms with Crippen molar-refractivity contribution in [3.63, 3.8) is 0 Å². The van der Waals surface area contributed by atoms with Gasteiger partial charge in [0.25, 0.3) is 0 Å². The van der Waals surface area contributed by atoms with Crippen molar-refractivity contribution in [3.8, 4) is 0 Å². The summed E-state index contributed by atoms with van der Waals surface area (Å²) in [5, 5.41) is 8.97. The molecule has 0 saturated heterocycles. The van der Waals surface area contributed by atoms with Crippen LogP contribution >= 0.6 is 0 Å². The second-order valence-corrected chi connectivity index (χ2v) is 8.23. The minimum atomic E-state index is 0.197. The number of unbranched alkanes of at least 4 members (excludes halogenated alkanes) is 15. The lowest BCUT2D eigenvalue weighted by molar-refractivity contribution is -1.13. The van der Waals surface area contributed by atoms with Crippen molar-refractivity contribution in [1.29, 1.82) is 0 Å². The minimum absolute atomic E-state index is 0.197. The van der Waals surface area contributed by atoms with Gasteiger partial charge in [0, 0.05) is 5.04 Å². The number of hydrogen-bond donors (Lipinski definition) is 0. The van der Waals surface area contributed by atoms with Crippen LogP contribution in [0.5, 0.6) is 0 Å². The summed E-state index contributed by atoms with van der Waals surface area (Å²) < 4.78 is 0.197. The molecule has 0 aromatic heterocycles. The highest BCUT2D eigenvalue weighted by atomic mass is 17.7. The molecule has 158 valence electrons. The Morgan fingerprint density at radius 3 is 1.27 bits per heavy atom. The third kappa shape index (κ3) is 23.8. The molecule has 0 aromatic rings. The van der Waals surface area contributed by atoms with Gasteiger partial charge in [-0.3, -0.25) is 0 Å². The monoisotopic (exact) mass is 376 g/mol. The number of rotatable bonds is 21. The number of hydroxylamine groups is 3. The SMILES string of the molecule is CCCCCCCCCCCCCCCCCCOOOO[N+](C)(C)C. The van der Waals surface area contributed by atoms with Crippen molar-refractivity contribution in [1.82, 2.24) is 0 Å². The molecule has 0 saturated carbocycles. The molecule has 5 nitrogen and oxygen atoms in total. The van der Waals surface area contributed by atoms with Crippen molar-refractivity contribution < 1.29 is 24.6 Å². The zero-order valence-corrected chi connectivity index (χ0v) is 18.1. The molecule has 0 spiro atoms. The van der Waals surface area contributed by atoms with Gasteiger partial charge in [0.15, 0.2) is 0 Å². The lowest BCUT2D eigenvalue weighted by Crippen LogP contribution is -2.34. The molecule has 0 unspecified atom stereocenters. The van der Waals surface area contributed by atoms with E-state index in [1.807, 2.05) is 21.1 Å². The van der Waals surface area contributed by atoms with Crippen molar-refractivity contribution >= 4 is 0 Å². The Kier molecular flexibility index (Phi) is 19.4. The first-order valence-corrected chi connectivity index (χ1v) is 11.0. The fraction of sp³-hybridized carbons (Fsp3) is 1.00. The van der Waals surface area contributed by atoms with E-state index in [1.165, 1.54) is 96.3 Å². The van der Waals surface area contributed by atoms with Gasteiger partial charge < -0.3 is 0 Å². The zero-order chi connectivity index (χ0) is 19.3. The van der Waals surface area contributed by atoms with E-state index >= 15 is 0 Å². The first kappa shape index (κ1) is 25.8. The maximum absolute atomic E-state index is 4.89. The van der Waals surface area contributed by atoms with Crippen LogP contribution in [-0.2, 0) is 20.0 Å². The van der Waals surface area contributed by atoms with E-state index in [0.717, 1.165) is 6.42 Å². The minimum Gasteiger partial charge on any atom is -0.204 e. The molecule has 0 aromatic carbocycles. The Balaban J connectivity index is 3.01. The molecular formula is C21H46NO4+. The lowest BCUT2D eigenvalue weighted by Gasteiger charge is -2.16. The number of quaternary nitrogens is 1. The van der Waals surface area contributed by atoms with Crippen LogP contribution in [0.15, 0.2) is 0 Å². The quantitative estimate of drug-likeness (QED) is 0.0968. The van der Waals surface area contributed by atoms with Crippen LogP contribution in [0.2, 0.25) is 0 Å². The van der Waals surface area contributed by atoms with Gasteiger partial charge in [-0.15, -0.1) is 0 Å². The zero-order valence-electron chi connectivity index (χ0n) is 18.1. The van der Waals surface area contributed by atoms with Gasteiger partial charge in [-0.1, -0.05) is 103 Å². The number of nitrogens with zero attached hydrogens (tertiary/aromatic N) is 1. The predicted octanol–water partition coefficient (Wildman–Crippen LogP) is 6.68. The van der Waals surface area contributed by atoms with Crippen molar-refractivity contribution in [2.24, 2.45) is 0 Å². The second kappa shape index (κ2) is 19.6. The van der Waals surface area contributed by atoms with Gasteiger partial charge in [0.05, 0.1) is 6.61 Å². The molecule has 0 heterocycles. The summed E-state index contributed by atoms with van der Waals surface area (Å²) in [6.45, 7) is 2.82. The van der Waals surface area contributed by atoms with Crippen molar-refractivity contribution in [2.45, 2.75) is 110 Å². The summed E-state index contributed by atoms with van der Waals surface area (Å²) in [5.74, 6) is 0. The van der Waals surface area contributed by atoms with Gasteiger partial charge >= 0.3 is 0 Å².